The number of hydrogen-bond acceptors (Lipinski definition) is 2. The average Bonchev–Trinajstić information content (AvgIpc) is 2.09. The van der Waals surface area contributed by atoms with Gasteiger partial charge in [0.1, 0.15) is 10.0 Å². The summed E-state index contributed by atoms with van der Waals surface area (Å²) in [7, 11) is -3.66. The summed E-state index contributed by atoms with van der Waals surface area (Å²) in [6, 6.07) is 4.99. The molecule has 6 heteroatoms. The van der Waals surface area contributed by atoms with Crippen LogP contribution in [0.1, 0.15) is 11.1 Å². The molecule has 1 aromatic rings. The molecule has 0 heterocycles. The van der Waals surface area contributed by atoms with E-state index in [0.29, 0.717) is 5.56 Å². The molecule has 14 heavy (non-hydrogen) atoms. The smallest absolute Gasteiger partial charge is 0.458 e. The van der Waals surface area contributed by atoms with Gasteiger partial charge in [0, 0.05) is 0 Å². The molecule has 3 nitrogen and oxygen atoms in total. The second-order valence-electron chi connectivity index (χ2n) is 2.74. The molecular weight excluding hydrogens is 233 g/mol. The van der Waals surface area contributed by atoms with Crippen molar-refractivity contribution in [3.8, 4) is 0 Å². The van der Waals surface area contributed by atoms with Crippen LogP contribution < -0.4 is 29.6 Å². The van der Waals surface area contributed by atoms with E-state index in [-0.39, 0.29) is 34.5 Å². The van der Waals surface area contributed by atoms with E-state index in [1.807, 2.05) is 13.0 Å². The van der Waals surface area contributed by atoms with Crippen LogP contribution >= 0.6 is 11.8 Å². The van der Waals surface area contributed by atoms with Crippen molar-refractivity contribution in [2.24, 2.45) is 0 Å². The summed E-state index contributed by atoms with van der Waals surface area (Å²) in [5, 5.41) is 0. The molecule has 0 aliphatic heterocycles. The van der Waals surface area contributed by atoms with Gasteiger partial charge in [0.25, 0.3) is 0 Å². The zero-order valence-electron chi connectivity index (χ0n) is 8.28. The van der Waals surface area contributed by atoms with Gasteiger partial charge in [0.2, 0.25) is 0 Å². The first-order chi connectivity index (χ1) is 5.99. The van der Waals surface area contributed by atoms with Crippen LogP contribution in [0.5, 0.6) is 0 Å². The molecule has 0 saturated carbocycles. The van der Waals surface area contributed by atoms with E-state index < -0.39 is 10.0 Å². The van der Waals surface area contributed by atoms with Gasteiger partial charge in [-0.2, -0.15) is 0 Å². The van der Waals surface area contributed by atoms with Gasteiger partial charge in [-0.05, 0) is 31.0 Å². The zero-order valence-corrected chi connectivity index (χ0v) is 11.9. The van der Waals surface area contributed by atoms with Crippen LogP contribution in [0.4, 0.5) is 0 Å². The molecular formula is C8H9ClNNaO2S. The quantitative estimate of drug-likeness (QED) is 0.657. The van der Waals surface area contributed by atoms with E-state index in [1.54, 1.807) is 13.0 Å². The molecule has 0 radical (unpaired) electrons. The molecule has 0 atom stereocenters. The van der Waals surface area contributed by atoms with E-state index in [2.05, 4.69) is 4.24 Å². The Labute approximate surface area is 111 Å². The van der Waals surface area contributed by atoms with Gasteiger partial charge in [-0.1, -0.05) is 12.1 Å². The van der Waals surface area contributed by atoms with Crippen molar-refractivity contribution < 1.29 is 38.0 Å². The Hall–Kier alpha value is 0.420. The van der Waals surface area contributed by atoms with E-state index in [1.165, 1.54) is 6.07 Å². The summed E-state index contributed by atoms with van der Waals surface area (Å²) >= 11 is 4.99. The maximum absolute atomic E-state index is 11.3. The van der Waals surface area contributed by atoms with Gasteiger partial charge in [0.05, 0.1) is 4.90 Å². The van der Waals surface area contributed by atoms with Crippen LogP contribution in [0.3, 0.4) is 0 Å². The molecule has 0 amide bonds. The SMILES string of the molecule is Cc1cccc(S(=O)(=O)[N-]Cl)c1C.[Na+]. The number of aryl methyl sites for hydroxylation is 1. The Morgan fingerprint density at radius 2 is 1.86 bits per heavy atom. The Morgan fingerprint density at radius 1 is 1.29 bits per heavy atom. The fourth-order valence-corrected chi connectivity index (χ4v) is 2.14. The molecule has 0 aliphatic rings. The fourth-order valence-electron chi connectivity index (χ4n) is 1.04. The van der Waals surface area contributed by atoms with Crippen molar-refractivity contribution in [1.29, 1.82) is 0 Å². The van der Waals surface area contributed by atoms with Crippen LogP contribution in [0.15, 0.2) is 23.1 Å². The molecule has 0 N–H and O–H groups in total. The summed E-state index contributed by atoms with van der Waals surface area (Å²) in [6.45, 7) is 3.56. The second-order valence-corrected chi connectivity index (χ2v) is 4.68. The van der Waals surface area contributed by atoms with Crippen molar-refractivity contribution in [1.82, 2.24) is 0 Å². The zero-order chi connectivity index (χ0) is 10.1. The molecule has 0 aromatic heterocycles. The Kier molecular flexibility index (Phi) is 5.65. The van der Waals surface area contributed by atoms with E-state index in [0.717, 1.165) is 5.56 Å². The van der Waals surface area contributed by atoms with Crippen molar-refractivity contribution in [2.75, 3.05) is 0 Å². The molecule has 0 unspecified atom stereocenters. The number of sulfonamides is 1. The molecule has 0 aliphatic carbocycles. The molecule has 0 fully saturated rings. The summed E-state index contributed by atoms with van der Waals surface area (Å²) in [6.07, 6.45) is 0. The van der Waals surface area contributed by atoms with E-state index >= 15 is 0 Å². The van der Waals surface area contributed by atoms with Crippen LogP contribution in [0, 0.1) is 13.8 Å². The molecule has 0 bridgehead atoms. The fraction of sp³-hybridized carbons (Fsp3) is 0.250. The van der Waals surface area contributed by atoms with Crippen LogP contribution in [0.2, 0.25) is 0 Å². The number of rotatable bonds is 2. The Balaban J connectivity index is 0.00000169. The van der Waals surface area contributed by atoms with Gasteiger partial charge in [0.15, 0.2) is 0 Å². The largest absolute Gasteiger partial charge is 1.00 e. The topological polar surface area (TPSA) is 48.2 Å². The standard InChI is InChI=1S/C8H9ClNO2S.Na/c1-6-4-3-5-8(7(6)2)13(11,12)10-9;/h3-5H,1-2H3;/q-1;+1. The molecule has 0 spiro atoms. The normalized spacial score (nSPS) is 10.8. The number of nitrogens with zero attached hydrogens (tertiary/aromatic N) is 1. The maximum atomic E-state index is 11.3. The first kappa shape index (κ1) is 14.4. The van der Waals surface area contributed by atoms with Gasteiger partial charge in [-0.3, -0.25) is 11.8 Å². The van der Waals surface area contributed by atoms with Gasteiger partial charge in [-0.15, -0.1) is 0 Å². The van der Waals surface area contributed by atoms with Crippen LogP contribution in [-0.2, 0) is 10.0 Å². The Bertz CT molecular complexity index is 419. The van der Waals surface area contributed by atoms with Crippen molar-refractivity contribution >= 4 is 21.8 Å². The third-order valence-electron chi connectivity index (χ3n) is 1.92. The summed E-state index contributed by atoms with van der Waals surface area (Å²) < 4.78 is 25.4. The first-order valence-corrected chi connectivity index (χ1v) is 5.41. The minimum Gasteiger partial charge on any atom is -0.458 e. The molecule has 1 aromatic carbocycles. The van der Waals surface area contributed by atoms with Gasteiger partial charge < -0.3 is 4.24 Å². The van der Waals surface area contributed by atoms with E-state index in [9.17, 15) is 8.42 Å². The van der Waals surface area contributed by atoms with Crippen LogP contribution in [0.25, 0.3) is 4.24 Å². The van der Waals surface area contributed by atoms with Crippen molar-refractivity contribution in [2.45, 2.75) is 18.7 Å². The maximum Gasteiger partial charge on any atom is 1.00 e. The summed E-state index contributed by atoms with van der Waals surface area (Å²) in [4.78, 5) is 0.169. The molecule has 72 valence electrons. The monoisotopic (exact) mass is 241 g/mol. The van der Waals surface area contributed by atoms with E-state index in [4.69, 9.17) is 11.8 Å². The third-order valence-corrected chi connectivity index (χ3v) is 3.65. The third kappa shape index (κ3) is 2.95. The summed E-state index contributed by atoms with van der Waals surface area (Å²) in [5.74, 6) is 0. The van der Waals surface area contributed by atoms with Gasteiger partial charge >= 0.3 is 29.6 Å². The van der Waals surface area contributed by atoms with Gasteiger partial charge in [-0.25, -0.2) is 8.42 Å². The summed E-state index contributed by atoms with van der Waals surface area (Å²) in [5.41, 5.74) is 1.59. The van der Waals surface area contributed by atoms with Crippen LogP contribution in [-0.4, -0.2) is 8.42 Å². The second kappa shape index (κ2) is 5.49. The minimum atomic E-state index is -3.66. The predicted molar refractivity (Wildman–Crippen MR) is 52.3 cm³/mol. The molecule has 1 rings (SSSR count). The first-order valence-electron chi connectivity index (χ1n) is 3.63. The minimum absolute atomic E-state index is 0. The average molecular weight is 242 g/mol. The number of hydrogen-bond donors (Lipinski definition) is 0. The number of halogens is 1. The predicted octanol–water partition coefficient (Wildman–Crippen LogP) is -0.476. The van der Waals surface area contributed by atoms with Crippen molar-refractivity contribution in [3.63, 3.8) is 0 Å². The van der Waals surface area contributed by atoms with Crippen molar-refractivity contribution in [3.05, 3.63) is 33.6 Å². The molecule has 0 saturated heterocycles. The Morgan fingerprint density at radius 3 is 2.36 bits per heavy atom. The number of benzene rings is 1.